The monoisotopic (exact) mass is 468 g/mol. The lowest BCUT2D eigenvalue weighted by Crippen LogP contribution is -2.39. The molecule has 0 aliphatic heterocycles. The largest absolute Gasteiger partial charge is 0.385 e. The normalized spacial score (nSPS) is 10.3. The molecule has 1 rings (SSSR count). The molecule has 116 valence electrons. The molecule has 1 N–H and O–H groups in total. The minimum atomic E-state index is -0.188. The number of amides is 2. The Morgan fingerprint density at radius 2 is 2.14 bits per heavy atom. The molecule has 0 aliphatic carbocycles. The summed E-state index contributed by atoms with van der Waals surface area (Å²) >= 11 is 5.51. The van der Waals surface area contributed by atoms with Gasteiger partial charge < -0.3 is 15.0 Å². The maximum atomic E-state index is 12.3. The number of methoxy groups -OCH3 is 1. The molecule has 7 heteroatoms. The van der Waals surface area contributed by atoms with Gasteiger partial charge in [-0.05, 0) is 63.1 Å². The molecule has 21 heavy (non-hydrogen) atoms. The number of hydrogen-bond acceptors (Lipinski definition) is 3. The van der Waals surface area contributed by atoms with Crippen LogP contribution in [0.3, 0.4) is 0 Å². The quantitative estimate of drug-likeness (QED) is 0.493. The first-order valence-corrected chi connectivity index (χ1v) is 8.29. The van der Waals surface area contributed by atoms with E-state index in [0.29, 0.717) is 18.7 Å². The zero-order chi connectivity index (χ0) is 15.8. The number of nitrogens with zero attached hydrogens (tertiary/aromatic N) is 1. The van der Waals surface area contributed by atoms with Crippen molar-refractivity contribution in [1.82, 2.24) is 10.2 Å². The molecule has 0 aromatic heterocycles. The van der Waals surface area contributed by atoms with E-state index < -0.39 is 0 Å². The smallest absolute Gasteiger partial charge is 0.255 e. The summed E-state index contributed by atoms with van der Waals surface area (Å²) in [5.41, 5.74) is 0.552. The zero-order valence-electron chi connectivity index (χ0n) is 12.0. The maximum Gasteiger partial charge on any atom is 0.255 e. The van der Waals surface area contributed by atoms with Gasteiger partial charge in [0.05, 0.1) is 12.1 Å². The number of ether oxygens (including phenoxy) is 1. The fourth-order valence-electron chi connectivity index (χ4n) is 1.65. The standard InChI is InChI=1S/C14H18BrIN2O3/c1-18(9-13(19)17-6-3-7-21-2)14(20)11-8-10(16)4-5-12(11)15/h4-5,8H,3,6-7,9H2,1-2H3,(H,17,19). The van der Waals surface area contributed by atoms with Gasteiger partial charge in [-0.3, -0.25) is 9.59 Å². The Bertz CT molecular complexity index is 511. The summed E-state index contributed by atoms with van der Waals surface area (Å²) in [5, 5.41) is 2.75. The van der Waals surface area contributed by atoms with Crippen LogP contribution in [0.25, 0.3) is 0 Å². The summed E-state index contributed by atoms with van der Waals surface area (Å²) in [6, 6.07) is 5.53. The van der Waals surface area contributed by atoms with E-state index in [1.165, 1.54) is 4.90 Å². The highest BCUT2D eigenvalue weighted by molar-refractivity contribution is 14.1. The van der Waals surface area contributed by atoms with Crippen molar-refractivity contribution in [3.05, 3.63) is 31.8 Å². The van der Waals surface area contributed by atoms with E-state index in [1.54, 1.807) is 20.2 Å². The SMILES string of the molecule is COCCCNC(=O)CN(C)C(=O)c1cc(I)ccc1Br. The topological polar surface area (TPSA) is 58.6 Å². The molecule has 0 radical (unpaired) electrons. The minimum Gasteiger partial charge on any atom is -0.385 e. The van der Waals surface area contributed by atoms with Gasteiger partial charge in [0, 0.05) is 35.4 Å². The van der Waals surface area contributed by atoms with Gasteiger partial charge in [0.2, 0.25) is 5.91 Å². The average Bonchev–Trinajstić information content (AvgIpc) is 2.45. The highest BCUT2D eigenvalue weighted by Gasteiger charge is 2.17. The van der Waals surface area contributed by atoms with Gasteiger partial charge in [-0.15, -0.1) is 0 Å². The summed E-state index contributed by atoms with van der Waals surface area (Å²) < 4.78 is 6.59. The number of nitrogens with one attached hydrogen (secondary N) is 1. The molecule has 0 saturated carbocycles. The second-order valence-electron chi connectivity index (χ2n) is 4.48. The molecule has 0 fully saturated rings. The second-order valence-corrected chi connectivity index (χ2v) is 6.58. The van der Waals surface area contributed by atoms with E-state index in [0.717, 1.165) is 14.5 Å². The third kappa shape index (κ3) is 6.31. The molecular formula is C14H18BrIN2O3. The van der Waals surface area contributed by atoms with Gasteiger partial charge in [0.25, 0.3) is 5.91 Å². The summed E-state index contributed by atoms with van der Waals surface area (Å²) in [6.45, 7) is 1.18. The van der Waals surface area contributed by atoms with Crippen LogP contribution in [0.2, 0.25) is 0 Å². The Hall–Kier alpha value is -0.670. The molecule has 0 spiro atoms. The Morgan fingerprint density at radius 3 is 2.81 bits per heavy atom. The van der Waals surface area contributed by atoms with Crippen LogP contribution in [0.1, 0.15) is 16.8 Å². The third-order valence-electron chi connectivity index (χ3n) is 2.73. The summed E-state index contributed by atoms with van der Waals surface area (Å²) in [5.74, 6) is -0.365. The lowest BCUT2D eigenvalue weighted by atomic mass is 10.2. The van der Waals surface area contributed by atoms with Crippen LogP contribution < -0.4 is 5.32 Å². The minimum absolute atomic E-state index is 0.0315. The summed E-state index contributed by atoms with van der Waals surface area (Å²) in [6.07, 6.45) is 0.752. The van der Waals surface area contributed by atoms with Gasteiger partial charge >= 0.3 is 0 Å². The van der Waals surface area contributed by atoms with E-state index in [4.69, 9.17) is 4.74 Å². The Labute approximate surface area is 146 Å². The lowest BCUT2D eigenvalue weighted by Gasteiger charge is -2.17. The van der Waals surface area contributed by atoms with Crippen LogP contribution in [-0.4, -0.2) is 50.6 Å². The molecule has 0 unspecified atom stereocenters. The molecule has 1 aromatic rings. The molecule has 0 atom stereocenters. The number of rotatable bonds is 7. The number of benzene rings is 1. The second kappa shape index (κ2) is 9.37. The first kappa shape index (κ1) is 18.4. The Balaban J connectivity index is 2.54. The van der Waals surface area contributed by atoms with E-state index in [-0.39, 0.29) is 18.4 Å². The van der Waals surface area contributed by atoms with Crippen molar-refractivity contribution in [2.45, 2.75) is 6.42 Å². The highest BCUT2D eigenvalue weighted by Crippen LogP contribution is 2.20. The van der Waals surface area contributed by atoms with Crippen LogP contribution in [0, 0.1) is 3.57 Å². The van der Waals surface area contributed by atoms with Gasteiger partial charge in [0.15, 0.2) is 0 Å². The maximum absolute atomic E-state index is 12.3. The van der Waals surface area contributed by atoms with Crippen LogP contribution in [0.15, 0.2) is 22.7 Å². The molecule has 0 bridgehead atoms. The van der Waals surface area contributed by atoms with Gasteiger partial charge in [0.1, 0.15) is 0 Å². The van der Waals surface area contributed by atoms with Crippen molar-refractivity contribution in [2.24, 2.45) is 0 Å². The van der Waals surface area contributed by atoms with E-state index >= 15 is 0 Å². The van der Waals surface area contributed by atoms with Crippen LogP contribution in [0.5, 0.6) is 0 Å². The number of halogens is 2. The third-order valence-corrected chi connectivity index (χ3v) is 4.10. The Kier molecular flexibility index (Phi) is 8.20. The first-order chi connectivity index (χ1) is 9.95. The highest BCUT2D eigenvalue weighted by atomic mass is 127. The number of likely N-dealkylation sites (N-methyl/N-ethyl adjacent to an activating group) is 1. The van der Waals surface area contributed by atoms with Crippen LogP contribution in [0.4, 0.5) is 0 Å². The summed E-state index contributed by atoms with van der Waals surface area (Å²) in [4.78, 5) is 25.5. The molecule has 0 heterocycles. The fraction of sp³-hybridized carbons (Fsp3) is 0.429. The molecule has 5 nitrogen and oxygen atoms in total. The van der Waals surface area contributed by atoms with Crippen LogP contribution >= 0.6 is 38.5 Å². The lowest BCUT2D eigenvalue weighted by molar-refractivity contribution is -0.121. The number of carbonyl (C=O) groups excluding carboxylic acids is 2. The van der Waals surface area contributed by atoms with Gasteiger partial charge in [-0.25, -0.2) is 0 Å². The Morgan fingerprint density at radius 1 is 1.43 bits per heavy atom. The molecule has 2 amide bonds. The van der Waals surface area contributed by atoms with E-state index in [1.807, 2.05) is 12.1 Å². The average molecular weight is 469 g/mol. The van der Waals surface area contributed by atoms with E-state index in [9.17, 15) is 9.59 Å². The van der Waals surface area contributed by atoms with Gasteiger partial charge in [-0.2, -0.15) is 0 Å². The molecule has 0 saturated heterocycles. The van der Waals surface area contributed by atoms with Gasteiger partial charge in [-0.1, -0.05) is 0 Å². The number of hydrogen-bond donors (Lipinski definition) is 1. The fourth-order valence-corrected chi connectivity index (χ4v) is 2.56. The van der Waals surface area contributed by atoms with Crippen LogP contribution in [-0.2, 0) is 9.53 Å². The van der Waals surface area contributed by atoms with Crippen molar-refractivity contribution < 1.29 is 14.3 Å². The van der Waals surface area contributed by atoms with Crippen molar-refractivity contribution in [1.29, 1.82) is 0 Å². The molecule has 1 aromatic carbocycles. The summed E-state index contributed by atoms with van der Waals surface area (Å²) in [7, 11) is 3.23. The van der Waals surface area contributed by atoms with Crippen molar-refractivity contribution in [3.63, 3.8) is 0 Å². The first-order valence-electron chi connectivity index (χ1n) is 6.42. The predicted molar refractivity (Wildman–Crippen MR) is 93.3 cm³/mol. The van der Waals surface area contributed by atoms with E-state index in [2.05, 4.69) is 43.8 Å². The van der Waals surface area contributed by atoms with Crippen molar-refractivity contribution in [3.8, 4) is 0 Å². The molecule has 0 aliphatic rings. The number of carbonyl (C=O) groups is 2. The molecular weight excluding hydrogens is 451 g/mol. The van der Waals surface area contributed by atoms with Crippen molar-refractivity contribution in [2.75, 3.05) is 33.9 Å². The van der Waals surface area contributed by atoms with Crippen molar-refractivity contribution >= 4 is 50.3 Å². The predicted octanol–water partition coefficient (Wildman–Crippen LogP) is 2.28. The zero-order valence-corrected chi connectivity index (χ0v) is 15.7.